The molecule has 1 aromatic carbocycles. The number of aliphatic imine (C=N–C) groups is 1. The lowest BCUT2D eigenvalue weighted by Gasteiger charge is -2.32. The first-order valence-electron chi connectivity index (χ1n) is 8.39. The highest BCUT2D eigenvalue weighted by molar-refractivity contribution is 7.90. The molecule has 0 saturated carbocycles. The van der Waals surface area contributed by atoms with Crippen molar-refractivity contribution in [1.82, 2.24) is 14.9 Å². The van der Waals surface area contributed by atoms with Crippen molar-refractivity contribution >= 4 is 16.0 Å². The number of alkyl halides is 3. The molecule has 26 heavy (non-hydrogen) atoms. The van der Waals surface area contributed by atoms with Crippen molar-refractivity contribution in [3.8, 4) is 0 Å². The molecule has 6 nitrogen and oxygen atoms in total. The average Bonchev–Trinajstić information content (AvgIpc) is 2.60. The quantitative estimate of drug-likeness (QED) is 0.594. The summed E-state index contributed by atoms with van der Waals surface area (Å²) in [5, 5.41) is 6.27. The molecular weight excluding hydrogens is 369 g/mol. The van der Waals surface area contributed by atoms with Gasteiger partial charge >= 0.3 is 15.5 Å². The van der Waals surface area contributed by atoms with E-state index < -0.39 is 15.5 Å². The Labute approximate surface area is 151 Å². The number of hydrogen-bond acceptors (Lipinski definition) is 3. The average molecular weight is 392 g/mol. The Morgan fingerprint density at radius 3 is 2.38 bits per heavy atom. The molecule has 1 saturated heterocycles. The van der Waals surface area contributed by atoms with Crippen molar-refractivity contribution in [3.05, 3.63) is 35.9 Å². The molecule has 0 unspecified atom stereocenters. The van der Waals surface area contributed by atoms with Gasteiger partial charge in [-0.25, -0.2) is 13.4 Å². The fourth-order valence-corrected chi connectivity index (χ4v) is 3.64. The highest BCUT2D eigenvalue weighted by Gasteiger charge is 2.50. The molecular formula is C16H23F3N4O2S. The monoisotopic (exact) mass is 392 g/mol. The molecule has 1 heterocycles. The highest BCUT2D eigenvalue weighted by Crippen LogP contribution is 2.28. The summed E-state index contributed by atoms with van der Waals surface area (Å²) in [5.41, 5.74) is -4.21. The number of halogens is 3. The first-order valence-corrected chi connectivity index (χ1v) is 9.83. The van der Waals surface area contributed by atoms with E-state index in [2.05, 4.69) is 15.6 Å². The molecule has 0 spiro atoms. The van der Waals surface area contributed by atoms with Crippen LogP contribution in [0.25, 0.3) is 0 Å². The smallest absolute Gasteiger partial charge is 0.357 e. The Kier molecular flexibility index (Phi) is 6.87. The van der Waals surface area contributed by atoms with Gasteiger partial charge in [0.15, 0.2) is 5.96 Å². The van der Waals surface area contributed by atoms with Crippen LogP contribution >= 0.6 is 0 Å². The van der Waals surface area contributed by atoms with Gasteiger partial charge in [0.1, 0.15) is 0 Å². The van der Waals surface area contributed by atoms with Crippen LogP contribution in [-0.4, -0.2) is 49.9 Å². The van der Waals surface area contributed by atoms with E-state index in [1.165, 1.54) is 0 Å². The normalized spacial score (nSPS) is 17.9. The zero-order valence-electron chi connectivity index (χ0n) is 14.5. The lowest BCUT2D eigenvalue weighted by Crippen LogP contribution is -2.51. The maximum Gasteiger partial charge on any atom is 0.511 e. The molecule has 0 bridgehead atoms. The van der Waals surface area contributed by atoms with Crippen LogP contribution in [0.2, 0.25) is 0 Å². The second kappa shape index (κ2) is 8.72. The second-order valence-corrected chi connectivity index (χ2v) is 7.88. The fourth-order valence-electron chi connectivity index (χ4n) is 2.65. The molecule has 1 aromatic rings. The zero-order valence-corrected chi connectivity index (χ0v) is 15.3. The Bertz CT molecular complexity index is 700. The zero-order chi connectivity index (χ0) is 19.2. The van der Waals surface area contributed by atoms with Crippen LogP contribution in [-0.2, 0) is 16.6 Å². The Hall–Kier alpha value is -1.81. The Morgan fingerprint density at radius 2 is 1.85 bits per heavy atom. The summed E-state index contributed by atoms with van der Waals surface area (Å²) in [6.45, 7) is 2.69. The summed E-state index contributed by atoms with van der Waals surface area (Å²) in [5.74, 6) is 0.563. The number of piperidine rings is 1. The maximum absolute atomic E-state index is 12.6. The molecule has 0 atom stereocenters. The molecule has 1 aliphatic heterocycles. The lowest BCUT2D eigenvalue weighted by atomic mass is 10.1. The second-order valence-electron chi connectivity index (χ2n) is 5.95. The van der Waals surface area contributed by atoms with Gasteiger partial charge in [-0.3, -0.25) is 0 Å². The van der Waals surface area contributed by atoms with Crippen LogP contribution in [0.4, 0.5) is 13.2 Å². The minimum absolute atomic E-state index is 0.136. The van der Waals surface area contributed by atoms with Crippen LogP contribution in [0.15, 0.2) is 35.3 Å². The standard InChI is InChI=1S/C16H23F3N4O2S/c1-2-20-15(21-12-13-6-4-3-5-7-13)22-14-8-10-23(11-9-14)26(24,25)16(17,18)19/h3-7,14H,2,8-12H2,1H3,(H2,20,21,22). The van der Waals surface area contributed by atoms with Gasteiger partial charge in [-0.2, -0.15) is 17.5 Å². The summed E-state index contributed by atoms with van der Waals surface area (Å²) >= 11 is 0. The van der Waals surface area contributed by atoms with E-state index in [9.17, 15) is 21.6 Å². The van der Waals surface area contributed by atoms with E-state index in [1.54, 1.807) is 0 Å². The van der Waals surface area contributed by atoms with Crippen LogP contribution in [0.5, 0.6) is 0 Å². The van der Waals surface area contributed by atoms with Gasteiger partial charge in [-0.15, -0.1) is 0 Å². The number of nitrogens with one attached hydrogen (secondary N) is 2. The van der Waals surface area contributed by atoms with E-state index in [0.29, 0.717) is 23.4 Å². The van der Waals surface area contributed by atoms with Crippen molar-refractivity contribution < 1.29 is 21.6 Å². The van der Waals surface area contributed by atoms with E-state index in [-0.39, 0.29) is 32.0 Å². The lowest BCUT2D eigenvalue weighted by molar-refractivity contribution is -0.0494. The van der Waals surface area contributed by atoms with Crippen LogP contribution in [0.1, 0.15) is 25.3 Å². The van der Waals surface area contributed by atoms with E-state index in [0.717, 1.165) is 5.56 Å². The number of guanidine groups is 1. The molecule has 2 N–H and O–H groups in total. The largest absolute Gasteiger partial charge is 0.511 e. The van der Waals surface area contributed by atoms with Gasteiger partial charge < -0.3 is 10.6 Å². The summed E-state index contributed by atoms with van der Waals surface area (Å²) in [6.07, 6.45) is 0.566. The molecule has 146 valence electrons. The van der Waals surface area contributed by atoms with Crippen molar-refractivity contribution in [2.75, 3.05) is 19.6 Å². The van der Waals surface area contributed by atoms with Gasteiger partial charge in [0.2, 0.25) is 0 Å². The minimum atomic E-state index is -5.25. The Balaban J connectivity index is 1.93. The first-order chi connectivity index (χ1) is 12.2. The van der Waals surface area contributed by atoms with Crippen LogP contribution in [0, 0.1) is 0 Å². The third-order valence-corrected chi connectivity index (χ3v) is 5.66. The topological polar surface area (TPSA) is 73.8 Å². The summed E-state index contributed by atoms with van der Waals surface area (Å²) in [6, 6.07) is 9.52. The third kappa shape index (κ3) is 5.34. The maximum atomic E-state index is 12.6. The fraction of sp³-hybridized carbons (Fsp3) is 0.562. The van der Waals surface area contributed by atoms with Gasteiger partial charge in [0.25, 0.3) is 0 Å². The summed E-state index contributed by atoms with van der Waals surface area (Å²) in [4.78, 5) is 4.47. The van der Waals surface area contributed by atoms with Crippen molar-refractivity contribution in [1.29, 1.82) is 0 Å². The summed E-state index contributed by atoms with van der Waals surface area (Å²) in [7, 11) is -5.25. The molecule has 1 aliphatic rings. The van der Waals surface area contributed by atoms with Gasteiger partial charge in [0.05, 0.1) is 6.54 Å². The molecule has 1 fully saturated rings. The SMILES string of the molecule is CCNC(=NCc1ccccc1)NC1CCN(S(=O)(=O)C(F)(F)F)CC1. The van der Waals surface area contributed by atoms with Gasteiger partial charge in [0, 0.05) is 25.7 Å². The minimum Gasteiger partial charge on any atom is -0.357 e. The molecule has 0 amide bonds. The predicted molar refractivity (Wildman–Crippen MR) is 94.0 cm³/mol. The number of sulfonamides is 1. The number of rotatable bonds is 5. The van der Waals surface area contributed by atoms with E-state index >= 15 is 0 Å². The highest BCUT2D eigenvalue weighted by atomic mass is 32.2. The molecule has 0 aromatic heterocycles. The van der Waals surface area contributed by atoms with Crippen molar-refractivity contribution in [2.24, 2.45) is 4.99 Å². The molecule has 0 radical (unpaired) electrons. The van der Waals surface area contributed by atoms with E-state index in [1.807, 2.05) is 37.3 Å². The van der Waals surface area contributed by atoms with E-state index in [4.69, 9.17) is 0 Å². The summed E-state index contributed by atoms with van der Waals surface area (Å²) < 4.78 is 61.2. The van der Waals surface area contributed by atoms with Crippen LogP contribution < -0.4 is 10.6 Å². The Morgan fingerprint density at radius 1 is 1.23 bits per heavy atom. The third-order valence-electron chi connectivity index (χ3n) is 4.03. The van der Waals surface area contributed by atoms with Crippen molar-refractivity contribution in [2.45, 2.75) is 37.9 Å². The molecule has 10 heteroatoms. The first kappa shape index (κ1) is 20.5. The number of benzene rings is 1. The molecule has 2 rings (SSSR count). The van der Waals surface area contributed by atoms with Crippen LogP contribution in [0.3, 0.4) is 0 Å². The molecule has 0 aliphatic carbocycles. The van der Waals surface area contributed by atoms with Crippen molar-refractivity contribution in [3.63, 3.8) is 0 Å². The van der Waals surface area contributed by atoms with Gasteiger partial charge in [-0.1, -0.05) is 30.3 Å². The number of hydrogen-bond donors (Lipinski definition) is 2. The van der Waals surface area contributed by atoms with Gasteiger partial charge in [-0.05, 0) is 25.3 Å². The number of nitrogens with zero attached hydrogens (tertiary/aromatic N) is 2. The predicted octanol–water partition coefficient (Wildman–Crippen LogP) is 2.06.